The van der Waals surface area contributed by atoms with E-state index >= 15 is 0 Å². The van der Waals surface area contributed by atoms with Crippen LogP contribution in [0.15, 0.2) is 34.3 Å². The molecule has 0 fully saturated rings. The molecule has 0 aliphatic carbocycles. The highest BCUT2D eigenvalue weighted by Crippen LogP contribution is 2.36. The van der Waals surface area contributed by atoms with Crippen LogP contribution in [0.4, 0.5) is 0 Å². The minimum Gasteiger partial charge on any atom is -0.409 e. The fraction of sp³-hybridized carbons (Fsp3) is 0.273. The van der Waals surface area contributed by atoms with Gasteiger partial charge < -0.3 is 16.3 Å². The Hall–Kier alpha value is -1.69. The van der Waals surface area contributed by atoms with Gasteiger partial charge in [0.05, 0.1) is 11.8 Å². The van der Waals surface area contributed by atoms with E-state index in [1.54, 1.807) is 11.8 Å². The molecule has 1 aliphatic heterocycles. The molecule has 0 saturated heterocycles. The molecule has 17 heavy (non-hydrogen) atoms. The Kier molecular flexibility index (Phi) is 3.53. The van der Waals surface area contributed by atoms with E-state index in [-0.39, 0.29) is 23.5 Å². The van der Waals surface area contributed by atoms with Crippen LogP contribution in [0.5, 0.6) is 0 Å². The van der Waals surface area contributed by atoms with Gasteiger partial charge in [0.1, 0.15) is 0 Å². The van der Waals surface area contributed by atoms with Crippen LogP contribution in [0.3, 0.4) is 0 Å². The molecule has 4 N–H and O–H groups in total. The molecule has 0 bridgehead atoms. The molecule has 1 amide bonds. The van der Waals surface area contributed by atoms with E-state index in [0.717, 1.165) is 11.3 Å². The van der Waals surface area contributed by atoms with E-state index in [1.807, 2.05) is 24.3 Å². The third-order valence-electron chi connectivity index (χ3n) is 2.51. The lowest BCUT2D eigenvalue weighted by atomic mass is 10.1. The molecule has 6 heteroatoms. The van der Waals surface area contributed by atoms with E-state index in [1.165, 1.54) is 5.56 Å². The maximum atomic E-state index is 11.8. The van der Waals surface area contributed by atoms with Crippen molar-refractivity contribution in [2.24, 2.45) is 10.9 Å². The molecule has 1 unspecified atom stereocenters. The minimum atomic E-state index is -0.126. The van der Waals surface area contributed by atoms with Crippen molar-refractivity contribution in [3.8, 4) is 0 Å². The van der Waals surface area contributed by atoms with E-state index in [2.05, 4.69) is 10.5 Å². The highest BCUT2D eigenvalue weighted by Gasteiger charge is 2.27. The van der Waals surface area contributed by atoms with Crippen molar-refractivity contribution in [2.75, 3.05) is 6.54 Å². The maximum Gasteiger partial charge on any atom is 0.234 e. The van der Waals surface area contributed by atoms with Gasteiger partial charge >= 0.3 is 0 Å². The zero-order chi connectivity index (χ0) is 12.3. The predicted octanol–water partition coefficient (Wildman–Crippen LogP) is 0.566. The van der Waals surface area contributed by atoms with Gasteiger partial charge in [-0.2, -0.15) is 0 Å². The highest BCUT2D eigenvalue weighted by molar-refractivity contribution is 8.01. The summed E-state index contributed by atoms with van der Waals surface area (Å²) >= 11 is 1.55. The van der Waals surface area contributed by atoms with Crippen molar-refractivity contribution in [2.45, 2.75) is 16.6 Å². The second-order valence-corrected chi connectivity index (χ2v) is 4.97. The van der Waals surface area contributed by atoms with Crippen LogP contribution in [0, 0.1) is 0 Å². The van der Waals surface area contributed by atoms with Gasteiger partial charge in [-0.3, -0.25) is 4.79 Å². The summed E-state index contributed by atoms with van der Waals surface area (Å²) in [5.41, 5.74) is 6.48. The predicted molar refractivity (Wildman–Crippen MR) is 66.2 cm³/mol. The summed E-state index contributed by atoms with van der Waals surface area (Å²) in [7, 11) is 0. The average Bonchev–Trinajstić information content (AvgIpc) is 2.79. The topological polar surface area (TPSA) is 87.7 Å². The van der Waals surface area contributed by atoms with Gasteiger partial charge in [0, 0.05) is 4.90 Å². The number of amidine groups is 1. The summed E-state index contributed by atoms with van der Waals surface area (Å²) in [6.07, 6.45) is 0.725. The quantitative estimate of drug-likeness (QED) is 0.317. The van der Waals surface area contributed by atoms with Gasteiger partial charge in [-0.25, -0.2) is 0 Å². The molecule has 5 nitrogen and oxygen atoms in total. The summed E-state index contributed by atoms with van der Waals surface area (Å²) in [5.74, 6) is -0.0864. The Morgan fingerprint density at radius 1 is 1.59 bits per heavy atom. The Bertz CT molecular complexity index is 437. The van der Waals surface area contributed by atoms with Crippen LogP contribution in [0.25, 0.3) is 0 Å². The van der Waals surface area contributed by atoms with Crippen LogP contribution < -0.4 is 11.1 Å². The number of benzene rings is 1. The van der Waals surface area contributed by atoms with Crippen molar-refractivity contribution in [3.63, 3.8) is 0 Å². The number of amides is 1. The van der Waals surface area contributed by atoms with Gasteiger partial charge in [0.15, 0.2) is 5.84 Å². The first-order valence-corrected chi connectivity index (χ1v) is 6.07. The monoisotopic (exact) mass is 251 g/mol. The molecule has 1 heterocycles. The Morgan fingerprint density at radius 2 is 2.35 bits per heavy atom. The largest absolute Gasteiger partial charge is 0.409 e. The zero-order valence-corrected chi connectivity index (χ0v) is 9.91. The van der Waals surface area contributed by atoms with Crippen molar-refractivity contribution >= 4 is 23.5 Å². The number of carbonyl (C=O) groups is 1. The average molecular weight is 251 g/mol. The van der Waals surface area contributed by atoms with E-state index in [0.29, 0.717) is 0 Å². The number of carbonyl (C=O) groups excluding carboxylic acids is 1. The zero-order valence-electron chi connectivity index (χ0n) is 9.09. The fourth-order valence-corrected chi connectivity index (χ4v) is 2.87. The Labute approximate surface area is 103 Å². The second kappa shape index (κ2) is 5.09. The first-order valence-electron chi connectivity index (χ1n) is 5.19. The molecule has 1 aliphatic rings. The Morgan fingerprint density at radius 3 is 3.06 bits per heavy atom. The normalized spacial score (nSPS) is 18.8. The smallest absolute Gasteiger partial charge is 0.234 e. The SMILES string of the molecule is NC(CNC(=O)C1Cc2ccccc2S1)=NO. The molecule has 1 atom stereocenters. The van der Waals surface area contributed by atoms with Crippen molar-refractivity contribution in [1.82, 2.24) is 5.32 Å². The van der Waals surface area contributed by atoms with E-state index in [4.69, 9.17) is 10.9 Å². The van der Waals surface area contributed by atoms with Crippen molar-refractivity contribution in [3.05, 3.63) is 29.8 Å². The first kappa shape index (κ1) is 11.8. The minimum absolute atomic E-state index is 0.00105. The number of nitrogens with one attached hydrogen (secondary N) is 1. The first-order chi connectivity index (χ1) is 8.20. The molecule has 1 aromatic rings. The maximum absolute atomic E-state index is 11.8. The summed E-state index contributed by atoms with van der Waals surface area (Å²) < 4.78 is 0. The lowest BCUT2D eigenvalue weighted by Crippen LogP contribution is -2.38. The van der Waals surface area contributed by atoms with Crippen LogP contribution >= 0.6 is 11.8 Å². The van der Waals surface area contributed by atoms with Gasteiger partial charge in [0.25, 0.3) is 0 Å². The van der Waals surface area contributed by atoms with Crippen molar-refractivity contribution < 1.29 is 10.0 Å². The molecule has 0 radical (unpaired) electrons. The lowest BCUT2D eigenvalue weighted by molar-refractivity contribution is -0.120. The molecular weight excluding hydrogens is 238 g/mol. The molecule has 90 valence electrons. The molecule has 0 saturated carbocycles. The van der Waals surface area contributed by atoms with Crippen LogP contribution in [-0.2, 0) is 11.2 Å². The number of rotatable bonds is 3. The van der Waals surface area contributed by atoms with Crippen LogP contribution in [0.1, 0.15) is 5.56 Å². The summed E-state index contributed by atoms with van der Waals surface area (Å²) in [6, 6.07) is 7.97. The number of oxime groups is 1. The third-order valence-corrected chi connectivity index (χ3v) is 3.83. The summed E-state index contributed by atoms with van der Waals surface area (Å²) in [6.45, 7) is 0.0722. The number of nitrogens with two attached hydrogens (primary N) is 1. The van der Waals surface area contributed by atoms with Gasteiger partial charge in [-0.15, -0.1) is 11.8 Å². The molecule has 0 spiro atoms. The van der Waals surface area contributed by atoms with Gasteiger partial charge in [0.2, 0.25) is 5.91 Å². The number of hydrogen-bond donors (Lipinski definition) is 3. The highest BCUT2D eigenvalue weighted by atomic mass is 32.2. The lowest BCUT2D eigenvalue weighted by Gasteiger charge is -2.08. The van der Waals surface area contributed by atoms with E-state index in [9.17, 15) is 4.79 Å². The van der Waals surface area contributed by atoms with E-state index < -0.39 is 0 Å². The summed E-state index contributed by atoms with van der Waals surface area (Å²) in [4.78, 5) is 13.0. The Balaban J connectivity index is 1.92. The number of hydrogen-bond acceptors (Lipinski definition) is 4. The molecular formula is C11H13N3O2S. The van der Waals surface area contributed by atoms with Crippen molar-refractivity contribution in [1.29, 1.82) is 0 Å². The fourth-order valence-electron chi connectivity index (χ4n) is 1.66. The number of thioether (sulfide) groups is 1. The van der Waals surface area contributed by atoms with Gasteiger partial charge in [-0.1, -0.05) is 23.4 Å². The second-order valence-electron chi connectivity index (χ2n) is 3.73. The molecule has 1 aromatic carbocycles. The number of nitrogens with zero attached hydrogens (tertiary/aromatic N) is 1. The molecule has 0 aromatic heterocycles. The van der Waals surface area contributed by atoms with Crippen LogP contribution in [-0.4, -0.2) is 28.7 Å². The van der Waals surface area contributed by atoms with Crippen LogP contribution in [0.2, 0.25) is 0 Å². The summed E-state index contributed by atoms with van der Waals surface area (Å²) in [5, 5.41) is 13.7. The third kappa shape index (κ3) is 2.71. The molecule has 2 rings (SSSR count). The standard InChI is InChI=1S/C11H13N3O2S/c12-10(14-16)6-13-11(15)9-5-7-3-1-2-4-8(7)17-9/h1-4,9,16H,5-6H2,(H2,12,14)(H,13,15). The van der Waals surface area contributed by atoms with Gasteiger partial charge in [-0.05, 0) is 18.1 Å². The number of fused-ring (bicyclic) bond motifs is 1.